The molecule has 0 aliphatic heterocycles. The number of nitrogens with two attached hydrogens (primary N) is 1. The number of anilines is 1. The molecule has 20 heavy (non-hydrogen) atoms. The van der Waals surface area contributed by atoms with Crippen molar-refractivity contribution >= 4 is 17.4 Å². The first kappa shape index (κ1) is 15.7. The predicted molar refractivity (Wildman–Crippen MR) is 78.1 cm³/mol. The fraction of sp³-hybridized carbons (Fsp3) is 0.462. The zero-order chi connectivity index (χ0) is 15.1. The van der Waals surface area contributed by atoms with E-state index in [1.54, 1.807) is 19.3 Å². The third-order valence-electron chi connectivity index (χ3n) is 2.90. The van der Waals surface area contributed by atoms with Crippen molar-refractivity contribution in [3.63, 3.8) is 0 Å². The number of carbonyl (C=O) groups excluding carboxylic acids is 1. The summed E-state index contributed by atoms with van der Waals surface area (Å²) in [6, 6.07) is 3.77. The minimum absolute atomic E-state index is 0.177. The summed E-state index contributed by atoms with van der Waals surface area (Å²) in [6.45, 7) is 4.66. The maximum atomic E-state index is 11.6. The van der Waals surface area contributed by atoms with E-state index < -0.39 is 0 Å². The van der Waals surface area contributed by atoms with Gasteiger partial charge in [-0.25, -0.2) is 0 Å². The quantitative estimate of drug-likeness (QED) is 0.309. The Morgan fingerprint density at radius 1 is 1.60 bits per heavy atom. The van der Waals surface area contributed by atoms with Crippen molar-refractivity contribution in [1.29, 1.82) is 0 Å². The molecule has 0 saturated carbocycles. The third kappa shape index (κ3) is 4.11. The molecule has 1 aromatic rings. The number of oxime groups is 1. The molecule has 0 spiro atoms. The lowest BCUT2D eigenvalue weighted by atomic mass is 10.2. The van der Waals surface area contributed by atoms with Gasteiger partial charge in [-0.15, -0.1) is 0 Å². The SMILES string of the molecule is CNC(=O)c1cc(N(CCC(N)=NO)C(C)C)ccn1. The summed E-state index contributed by atoms with van der Waals surface area (Å²) in [5.74, 6) is -0.0526. The van der Waals surface area contributed by atoms with Crippen molar-refractivity contribution < 1.29 is 10.0 Å². The Labute approximate surface area is 118 Å². The Hall–Kier alpha value is -2.31. The number of pyridine rings is 1. The number of carbonyl (C=O) groups is 1. The lowest BCUT2D eigenvalue weighted by Gasteiger charge is -2.29. The molecule has 0 bridgehead atoms. The van der Waals surface area contributed by atoms with E-state index in [4.69, 9.17) is 10.9 Å². The number of hydrogen-bond acceptors (Lipinski definition) is 5. The number of hydrogen-bond donors (Lipinski definition) is 3. The fourth-order valence-corrected chi connectivity index (χ4v) is 1.82. The zero-order valence-electron chi connectivity index (χ0n) is 12.0. The summed E-state index contributed by atoms with van der Waals surface area (Å²) >= 11 is 0. The highest BCUT2D eigenvalue weighted by molar-refractivity contribution is 5.92. The van der Waals surface area contributed by atoms with Crippen molar-refractivity contribution in [3.8, 4) is 0 Å². The fourth-order valence-electron chi connectivity index (χ4n) is 1.82. The molecule has 0 unspecified atom stereocenters. The molecule has 7 heteroatoms. The van der Waals surface area contributed by atoms with Gasteiger partial charge in [0.25, 0.3) is 5.91 Å². The average molecular weight is 279 g/mol. The number of amides is 1. The molecule has 0 aliphatic carbocycles. The normalized spacial score (nSPS) is 11.5. The highest BCUT2D eigenvalue weighted by Crippen LogP contribution is 2.18. The molecule has 1 amide bonds. The second-order valence-electron chi connectivity index (χ2n) is 4.61. The maximum absolute atomic E-state index is 11.6. The van der Waals surface area contributed by atoms with Crippen LogP contribution in [0.25, 0.3) is 0 Å². The number of amidine groups is 1. The van der Waals surface area contributed by atoms with Crippen LogP contribution in [0.4, 0.5) is 5.69 Å². The van der Waals surface area contributed by atoms with Gasteiger partial charge in [0, 0.05) is 37.9 Å². The van der Waals surface area contributed by atoms with Crippen LogP contribution in [-0.2, 0) is 0 Å². The summed E-state index contributed by atoms with van der Waals surface area (Å²) in [7, 11) is 1.56. The minimum Gasteiger partial charge on any atom is -0.409 e. The summed E-state index contributed by atoms with van der Waals surface area (Å²) < 4.78 is 0. The molecule has 0 radical (unpaired) electrons. The van der Waals surface area contributed by atoms with Gasteiger partial charge in [0.2, 0.25) is 0 Å². The van der Waals surface area contributed by atoms with Gasteiger partial charge < -0.3 is 21.2 Å². The maximum Gasteiger partial charge on any atom is 0.269 e. The van der Waals surface area contributed by atoms with Crippen LogP contribution < -0.4 is 16.0 Å². The average Bonchev–Trinajstić information content (AvgIpc) is 2.46. The van der Waals surface area contributed by atoms with Crippen LogP contribution in [0.3, 0.4) is 0 Å². The van der Waals surface area contributed by atoms with Crippen molar-refractivity contribution in [2.24, 2.45) is 10.9 Å². The van der Waals surface area contributed by atoms with Crippen LogP contribution in [0.5, 0.6) is 0 Å². The van der Waals surface area contributed by atoms with Crippen LogP contribution in [0.1, 0.15) is 30.8 Å². The van der Waals surface area contributed by atoms with Gasteiger partial charge in [0.15, 0.2) is 0 Å². The lowest BCUT2D eigenvalue weighted by Crippen LogP contribution is -2.34. The van der Waals surface area contributed by atoms with Gasteiger partial charge in [-0.05, 0) is 26.0 Å². The largest absolute Gasteiger partial charge is 0.409 e. The smallest absolute Gasteiger partial charge is 0.269 e. The Kier molecular flexibility index (Phi) is 5.76. The van der Waals surface area contributed by atoms with Gasteiger partial charge in [-0.1, -0.05) is 5.16 Å². The van der Waals surface area contributed by atoms with Gasteiger partial charge in [-0.2, -0.15) is 0 Å². The molecule has 7 nitrogen and oxygen atoms in total. The van der Waals surface area contributed by atoms with Crippen molar-refractivity contribution in [1.82, 2.24) is 10.3 Å². The second kappa shape index (κ2) is 7.32. The molecule has 4 N–H and O–H groups in total. The number of nitrogens with one attached hydrogen (secondary N) is 1. The molecule has 1 heterocycles. The molecule has 0 aromatic carbocycles. The van der Waals surface area contributed by atoms with E-state index in [1.165, 1.54) is 0 Å². The van der Waals surface area contributed by atoms with Crippen LogP contribution in [0, 0.1) is 0 Å². The molecule has 1 rings (SSSR count). The van der Waals surface area contributed by atoms with Gasteiger partial charge in [0.05, 0.1) is 0 Å². The summed E-state index contributed by atoms with van der Waals surface area (Å²) in [5, 5.41) is 14.1. The molecular formula is C13H21N5O2. The van der Waals surface area contributed by atoms with E-state index in [2.05, 4.69) is 20.4 Å². The second-order valence-corrected chi connectivity index (χ2v) is 4.61. The third-order valence-corrected chi connectivity index (χ3v) is 2.90. The van der Waals surface area contributed by atoms with E-state index in [1.807, 2.05) is 19.9 Å². The molecule has 0 atom stereocenters. The predicted octanol–water partition coefficient (Wildman–Crippen LogP) is 0.792. The first-order valence-corrected chi connectivity index (χ1v) is 6.40. The van der Waals surface area contributed by atoms with E-state index >= 15 is 0 Å². The molecule has 0 saturated heterocycles. The van der Waals surface area contributed by atoms with E-state index in [0.29, 0.717) is 18.7 Å². The highest BCUT2D eigenvalue weighted by Gasteiger charge is 2.14. The van der Waals surface area contributed by atoms with E-state index in [-0.39, 0.29) is 17.8 Å². The highest BCUT2D eigenvalue weighted by atomic mass is 16.4. The number of rotatable bonds is 6. The number of nitrogens with zero attached hydrogens (tertiary/aromatic N) is 3. The van der Waals surface area contributed by atoms with Crippen LogP contribution in [0.2, 0.25) is 0 Å². The molecular weight excluding hydrogens is 258 g/mol. The standard InChI is InChI=1S/C13H21N5O2/c1-9(2)18(7-5-12(14)17-20)10-4-6-16-11(8-10)13(19)15-3/h4,6,8-9,20H,5,7H2,1-3H3,(H2,14,17)(H,15,19). The van der Waals surface area contributed by atoms with Crippen molar-refractivity contribution in [3.05, 3.63) is 24.0 Å². The van der Waals surface area contributed by atoms with E-state index in [0.717, 1.165) is 5.69 Å². The Morgan fingerprint density at radius 3 is 2.85 bits per heavy atom. The Morgan fingerprint density at radius 2 is 2.30 bits per heavy atom. The molecule has 110 valence electrons. The van der Waals surface area contributed by atoms with Crippen LogP contribution >= 0.6 is 0 Å². The van der Waals surface area contributed by atoms with Crippen LogP contribution in [0.15, 0.2) is 23.5 Å². The van der Waals surface area contributed by atoms with Crippen molar-refractivity contribution in [2.45, 2.75) is 26.3 Å². The minimum atomic E-state index is -0.230. The van der Waals surface area contributed by atoms with Crippen molar-refractivity contribution in [2.75, 3.05) is 18.5 Å². The number of aromatic nitrogens is 1. The Bertz CT molecular complexity index is 487. The lowest BCUT2D eigenvalue weighted by molar-refractivity contribution is 0.0958. The van der Waals surface area contributed by atoms with Gasteiger partial charge >= 0.3 is 0 Å². The summed E-state index contributed by atoms with van der Waals surface area (Å²) in [5.41, 5.74) is 6.73. The van der Waals surface area contributed by atoms with Gasteiger partial charge in [0.1, 0.15) is 11.5 Å². The summed E-state index contributed by atoms with van der Waals surface area (Å²) in [4.78, 5) is 17.7. The molecule has 0 aliphatic rings. The molecule has 1 aromatic heterocycles. The summed E-state index contributed by atoms with van der Waals surface area (Å²) in [6.07, 6.45) is 2.03. The van der Waals surface area contributed by atoms with Crippen LogP contribution in [-0.4, -0.2) is 41.6 Å². The van der Waals surface area contributed by atoms with Gasteiger partial charge in [-0.3, -0.25) is 9.78 Å². The topological polar surface area (TPSA) is 104 Å². The first-order chi connectivity index (χ1) is 9.49. The Balaban J connectivity index is 2.94. The first-order valence-electron chi connectivity index (χ1n) is 6.40. The molecule has 0 fully saturated rings. The zero-order valence-corrected chi connectivity index (χ0v) is 12.0. The monoisotopic (exact) mass is 279 g/mol. The van der Waals surface area contributed by atoms with E-state index in [9.17, 15) is 4.79 Å².